The molecule has 3 rings (SSSR count). The zero-order valence-corrected chi connectivity index (χ0v) is 14.1. The van der Waals surface area contributed by atoms with Crippen LogP contribution < -0.4 is 4.72 Å². The Morgan fingerprint density at radius 2 is 2.09 bits per heavy atom. The Morgan fingerprint density at radius 1 is 1.39 bits per heavy atom. The molecule has 0 aromatic carbocycles. The summed E-state index contributed by atoms with van der Waals surface area (Å²) in [7, 11) is -3.14. The summed E-state index contributed by atoms with van der Waals surface area (Å²) in [6.45, 7) is 1.52. The van der Waals surface area contributed by atoms with E-state index in [0.717, 1.165) is 37.9 Å². The van der Waals surface area contributed by atoms with Gasteiger partial charge >= 0.3 is 0 Å². The maximum Gasteiger partial charge on any atom is 0.222 e. The fourth-order valence-electron chi connectivity index (χ4n) is 3.72. The first kappa shape index (κ1) is 16.3. The Kier molecular flexibility index (Phi) is 4.37. The molecule has 1 aliphatic carbocycles. The lowest BCUT2D eigenvalue weighted by molar-refractivity contribution is -0.130. The summed E-state index contributed by atoms with van der Waals surface area (Å²) in [5.74, 6) is 0.158. The highest BCUT2D eigenvalue weighted by atomic mass is 32.2. The zero-order chi connectivity index (χ0) is 16.5. The Bertz CT molecular complexity index is 671. The van der Waals surface area contributed by atoms with Crippen LogP contribution in [0.25, 0.3) is 0 Å². The highest BCUT2D eigenvalue weighted by Gasteiger charge is 2.49. The van der Waals surface area contributed by atoms with Crippen molar-refractivity contribution in [1.29, 1.82) is 0 Å². The lowest BCUT2D eigenvalue weighted by atomic mass is 9.65. The van der Waals surface area contributed by atoms with Crippen LogP contribution in [-0.2, 0) is 21.2 Å². The Balaban J connectivity index is 1.46. The third kappa shape index (κ3) is 4.06. The van der Waals surface area contributed by atoms with Crippen LogP contribution in [0.2, 0.25) is 0 Å². The standard InChI is InChI=1S/C15H22N4O3S/c1-23(21,22)18-13-6-15(7-13)4-5-19(10-15)14(20)3-2-12-8-16-11-17-9-12/h8-9,11,13,18H,2-7,10H2,1H3. The molecule has 2 aliphatic rings. The number of sulfonamides is 1. The SMILES string of the molecule is CS(=O)(=O)NC1CC2(CCN(C(=O)CCc3cncnc3)C2)C1. The van der Waals surface area contributed by atoms with Crippen molar-refractivity contribution < 1.29 is 13.2 Å². The van der Waals surface area contributed by atoms with E-state index < -0.39 is 10.0 Å². The van der Waals surface area contributed by atoms with E-state index in [2.05, 4.69) is 14.7 Å². The molecular formula is C15H22N4O3S. The Labute approximate surface area is 136 Å². The summed E-state index contributed by atoms with van der Waals surface area (Å²) >= 11 is 0. The fraction of sp³-hybridized carbons (Fsp3) is 0.667. The average molecular weight is 338 g/mol. The highest BCUT2D eigenvalue weighted by molar-refractivity contribution is 7.88. The summed E-state index contributed by atoms with van der Waals surface area (Å²) in [4.78, 5) is 22.1. The Morgan fingerprint density at radius 3 is 2.74 bits per heavy atom. The molecule has 1 N–H and O–H groups in total. The molecule has 1 aromatic heterocycles. The van der Waals surface area contributed by atoms with Crippen LogP contribution in [-0.4, -0.2) is 54.6 Å². The minimum Gasteiger partial charge on any atom is -0.342 e. The minimum absolute atomic E-state index is 0.0292. The molecule has 0 atom stereocenters. The topological polar surface area (TPSA) is 92.3 Å². The van der Waals surface area contributed by atoms with Gasteiger partial charge in [0.2, 0.25) is 15.9 Å². The maximum absolute atomic E-state index is 12.3. The van der Waals surface area contributed by atoms with E-state index in [9.17, 15) is 13.2 Å². The van der Waals surface area contributed by atoms with Gasteiger partial charge in [-0.2, -0.15) is 0 Å². The molecule has 0 bridgehead atoms. The third-order valence-corrected chi connectivity index (χ3v) is 5.53. The third-order valence-electron chi connectivity index (χ3n) is 4.77. The van der Waals surface area contributed by atoms with Crippen LogP contribution in [0.15, 0.2) is 18.7 Å². The molecule has 1 spiro atoms. The van der Waals surface area contributed by atoms with Gasteiger partial charge in [0, 0.05) is 37.9 Å². The molecule has 1 amide bonds. The molecule has 8 heteroatoms. The second-order valence-electron chi connectivity index (χ2n) is 6.81. The average Bonchev–Trinajstić information content (AvgIpc) is 2.89. The largest absolute Gasteiger partial charge is 0.342 e. The number of amides is 1. The predicted molar refractivity (Wildman–Crippen MR) is 85.0 cm³/mol. The van der Waals surface area contributed by atoms with Crippen molar-refractivity contribution in [2.75, 3.05) is 19.3 Å². The summed E-state index contributed by atoms with van der Waals surface area (Å²) in [6, 6.07) is 0.0292. The number of hydrogen-bond acceptors (Lipinski definition) is 5. The van der Waals surface area contributed by atoms with Crippen molar-refractivity contribution in [1.82, 2.24) is 19.6 Å². The van der Waals surface area contributed by atoms with Gasteiger partial charge in [-0.3, -0.25) is 4.79 Å². The van der Waals surface area contributed by atoms with E-state index in [1.807, 2.05) is 4.90 Å². The number of aryl methyl sites for hydroxylation is 1. The number of carbonyl (C=O) groups excluding carboxylic acids is 1. The second kappa shape index (κ2) is 6.16. The molecule has 1 saturated carbocycles. The molecule has 0 unspecified atom stereocenters. The molecule has 0 radical (unpaired) electrons. The molecule has 23 heavy (non-hydrogen) atoms. The highest BCUT2D eigenvalue weighted by Crippen LogP contribution is 2.48. The first-order valence-corrected chi connectivity index (χ1v) is 9.73. The first-order chi connectivity index (χ1) is 10.9. The van der Waals surface area contributed by atoms with Crippen LogP contribution in [0.4, 0.5) is 0 Å². The van der Waals surface area contributed by atoms with Gasteiger partial charge in [-0.05, 0) is 36.7 Å². The molecule has 126 valence electrons. The predicted octanol–water partition coefficient (Wildman–Crippen LogP) is 0.340. The summed E-state index contributed by atoms with van der Waals surface area (Å²) in [6.07, 6.45) is 9.89. The fourth-order valence-corrected chi connectivity index (χ4v) is 4.49. The minimum atomic E-state index is -3.14. The van der Waals surface area contributed by atoms with Crippen LogP contribution in [0.5, 0.6) is 0 Å². The number of nitrogens with one attached hydrogen (secondary N) is 1. The number of rotatable bonds is 5. The number of carbonyl (C=O) groups is 1. The van der Waals surface area contributed by atoms with Crippen molar-refractivity contribution in [2.45, 2.75) is 38.1 Å². The zero-order valence-electron chi connectivity index (χ0n) is 13.2. The van der Waals surface area contributed by atoms with Crippen molar-refractivity contribution in [3.8, 4) is 0 Å². The lowest BCUT2D eigenvalue weighted by Crippen LogP contribution is -2.51. The molecule has 1 aliphatic heterocycles. The molecule has 7 nitrogen and oxygen atoms in total. The summed E-state index contributed by atoms with van der Waals surface area (Å²) in [5.41, 5.74) is 1.09. The monoisotopic (exact) mass is 338 g/mol. The van der Waals surface area contributed by atoms with Gasteiger partial charge < -0.3 is 4.90 Å². The van der Waals surface area contributed by atoms with Crippen LogP contribution in [0, 0.1) is 5.41 Å². The van der Waals surface area contributed by atoms with Crippen molar-refractivity contribution >= 4 is 15.9 Å². The lowest BCUT2D eigenvalue weighted by Gasteiger charge is -2.45. The van der Waals surface area contributed by atoms with E-state index in [4.69, 9.17) is 0 Å². The summed E-state index contributed by atoms with van der Waals surface area (Å²) < 4.78 is 25.1. The normalized spacial score (nSPS) is 27.2. The first-order valence-electron chi connectivity index (χ1n) is 7.84. The van der Waals surface area contributed by atoms with E-state index >= 15 is 0 Å². The number of likely N-dealkylation sites (tertiary alicyclic amines) is 1. The van der Waals surface area contributed by atoms with E-state index in [1.54, 1.807) is 12.4 Å². The quantitative estimate of drug-likeness (QED) is 0.836. The van der Waals surface area contributed by atoms with Crippen molar-refractivity contribution in [3.05, 3.63) is 24.3 Å². The van der Waals surface area contributed by atoms with E-state index in [1.165, 1.54) is 12.6 Å². The van der Waals surface area contributed by atoms with Gasteiger partial charge in [0.25, 0.3) is 0 Å². The van der Waals surface area contributed by atoms with Gasteiger partial charge in [-0.1, -0.05) is 0 Å². The number of nitrogens with zero attached hydrogens (tertiary/aromatic N) is 3. The smallest absolute Gasteiger partial charge is 0.222 e. The van der Waals surface area contributed by atoms with Gasteiger partial charge in [0.15, 0.2) is 0 Å². The number of aromatic nitrogens is 2. The molecule has 2 fully saturated rings. The molecular weight excluding hydrogens is 316 g/mol. The molecule has 2 heterocycles. The van der Waals surface area contributed by atoms with Gasteiger partial charge in [0.05, 0.1) is 6.26 Å². The Hall–Kier alpha value is -1.54. The van der Waals surface area contributed by atoms with Crippen LogP contribution in [0.1, 0.15) is 31.2 Å². The van der Waals surface area contributed by atoms with Gasteiger partial charge in [-0.25, -0.2) is 23.1 Å². The molecule has 1 aromatic rings. The van der Waals surface area contributed by atoms with Gasteiger partial charge in [-0.15, -0.1) is 0 Å². The van der Waals surface area contributed by atoms with Crippen LogP contribution >= 0.6 is 0 Å². The summed E-state index contributed by atoms with van der Waals surface area (Å²) in [5, 5.41) is 0. The van der Waals surface area contributed by atoms with Gasteiger partial charge in [0.1, 0.15) is 6.33 Å². The van der Waals surface area contributed by atoms with Crippen LogP contribution in [0.3, 0.4) is 0 Å². The van der Waals surface area contributed by atoms with E-state index in [0.29, 0.717) is 12.8 Å². The second-order valence-corrected chi connectivity index (χ2v) is 8.59. The number of hydrogen-bond donors (Lipinski definition) is 1. The van der Waals surface area contributed by atoms with Crippen molar-refractivity contribution in [2.24, 2.45) is 5.41 Å². The van der Waals surface area contributed by atoms with E-state index in [-0.39, 0.29) is 17.4 Å². The maximum atomic E-state index is 12.3. The molecule has 1 saturated heterocycles. The van der Waals surface area contributed by atoms with Crippen molar-refractivity contribution in [3.63, 3.8) is 0 Å².